The van der Waals surface area contributed by atoms with Crippen molar-refractivity contribution < 1.29 is 9.15 Å². The molecule has 0 saturated heterocycles. The van der Waals surface area contributed by atoms with Crippen LogP contribution in [-0.2, 0) is 13.1 Å². The molecular weight excluding hydrogens is 302 g/mol. The van der Waals surface area contributed by atoms with Crippen molar-refractivity contribution in [2.75, 3.05) is 7.11 Å². The van der Waals surface area contributed by atoms with Gasteiger partial charge in [-0.15, -0.1) is 0 Å². The molecular formula is C20H21NO3. The van der Waals surface area contributed by atoms with Gasteiger partial charge in [0.2, 0.25) is 0 Å². The Kier molecular flexibility index (Phi) is 4.67. The van der Waals surface area contributed by atoms with Crippen LogP contribution in [0.25, 0.3) is 11.0 Å². The molecule has 0 atom stereocenters. The van der Waals surface area contributed by atoms with Crippen molar-refractivity contribution in [3.8, 4) is 5.75 Å². The third kappa shape index (κ3) is 3.05. The normalized spacial score (nSPS) is 11.0. The molecule has 0 saturated carbocycles. The molecule has 3 aromatic rings. The molecule has 0 radical (unpaired) electrons. The molecule has 0 unspecified atom stereocenters. The summed E-state index contributed by atoms with van der Waals surface area (Å²) in [6, 6.07) is 13.8. The zero-order valence-electron chi connectivity index (χ0n) is 14.2. The molecule has 4 heteroatoms. The molecule has 0 spiro atoms. The summed E-state index contributed by atoms with van der Waals surface area (Å²) in [5, 5.41) is 4.46. The summed E-state index contributed by atoms with van der Waals surface area (Å²) in [7, 11) is 1.68. The molecule has 24 heavy (non-hydrogen) atoms. The van der Waals surface area contributed by atoms with Gasteiger partial charge in [0.25, 0.3) is 0 Å². The standard InChI is InChI=1S/C20H21NO3/c1-13-14(2)20(22)24-18-10-6-8-16(19(13)18)12-21-11-15-7-4-5-9-17(15)23-3/h4-10,21H,11-12H2,1-3H3. The van der Waals surface area contributed by atoms with E-state index < -0.39 is 0 Å². The fourth-order valence-corrected chi connectivity index (χ4v) is 2.93. The van der Waals surface area contributed by atoms with Crippen LogP contribution >= 0.6 is 0 Å². The highest BCUT2D eigenvalue weighted by Gasteiger charge is 2.11. The molecule has 0 fully saturated rings. The van der Waals surface area contributed by atoms with Crippen LogP contribution in [0.15, 0.2) is 51.7 Å². The second-order valence-corrected chi connectivity index (χ2v) is 5.85. The lowest BCUT2D eigenvalue weighted by Gasteiger charge is -2.12. The van der Waals surface area contributed by atoms with Gasteiger partial charge in [0, 0.05) is 29.6 Å². The van der Waals surface area contributed by atoms with E-state index in [1.54, 1.807) is 14.0 Å². The Balaban J connectivity index is 1.86. The van der Waals surface area contributed by atoms with Gasteiger partial charge in [-0.25, -0.2) is 4.79 Å². The Morgan fingerprint density at radius 2 is 1.67 bits per heavy atom. The highest BCUT2D eigenvalue weighted by Crippen LogP contribution is 2.23. The Labute approximate surface area is 141 Å². The number of methoxy groups -OCH3 is 1. The second-order valence-electron chi connectivity index (χ2n) is 5.85. The van der Waals surface area contributed by atoms with Gasteiger partial charge in [-0.2, -0.15) is 0 Å². The number of nitrogens with one attached hydrogen (secondary N) is 1. The lowest BCUT2D eigenvalue weighted by Crippen LogP contribution is -2.14. The van der Waals surface area contributed by atoms with Crippen LogP contribution in [-0.4, -0.2) is 7.11 Å². The number of fused-ring (bicyclic) bond motifs is 1. The first-order valence-electron chi connectivity index (χ1n) is 7.96. The van der Waals surface area contributed by atoms with Crippen LogP contribution in [0, 0.1) is 13.8 Å². The first-order valence-corrected chi connectivity index (χ1v) is 7.96. The van der Waals surface area contributed by atoms with Crippen molar-refractivity contribution >= 4 is 11.0 Å². The van der Waals surface area contributed by atoms with Crippen molar-refractivity contribution in [3.05, 3.63) is 75.1 Å². The minimum atomic E-state index is -0.265. The van der Waals surface area contributed by atoms with E-state index in [2.05, 4.69) is 11.4 Å². The lowest BCUT2D eigenvalue weighted by molar-refractivity contribution is 0.407. The molecule has 3 rings (SSSR count). The summed E-state index contributed by atoms with van der Waals surface area (Å²) < 4.78 is 10.8. The third-order valence-corrected chi connectivity index (χ3v) is 4.38. The average Bonchev–Trinajstić information content (AvgIpc) is 2.60. The quantitative estimate of drug-likeness (QED) is 0.727. The summed E-state index contributed by atoms with van der Waals surface area (Å²) in [5.74, 6) is 0.876. The molecule has 124 valence electrons. The zero-order chi connectivity index (χ0) is 17.1. The van der Waals surface area contributed by atoms with Gasteiger partial charge < -0.3 is 14.5 Å². The molecule has 0 bridgehead atoms. The van der Waals surface area contributed by atoms with E-state index in [9.17, 15) is 4.79 Å². The summed E-state index contributed by atoms with van der Waals surface area (Å²) in [5.41, 5.74) is 4.25. The number of benzene rings is 2. The number of aryl methyl sites for hydroxylation is 1. The summed E-state index contributed by atoms with van der Waals surface area (Å²) in [6.07, 6.45) is 0. The fourth-order valence-electron chi connectivity index (χ4n) is 2.93. The van der Waals surface area contributed by atoms with Gasteiger partial charge >= 0.3 is 5.63 Å². The SMILES string of the molecule is COc1ccccc1CNCc1cccc2oc(=O)c(C)c(C)c12. The topological polar surface area (TPSA) is 51.5 Å². The predicted molar refractivity (Wildman–Crippen MR) is 95.5 cm³/mol. The van der Waals surface area contributed by atoms with Crippen LogP contribution in [0.5, 0.6) is 5.75 Å². The van der Waals surface area contributed by atoms with E-state index in [1.807, 2.05) is 43.3 Å². The van der Waals surface area contributed by atoms with Crippen molar-refractivity contribution in [1.82, 2.24) is 5.32 Å². The van der Waals surface area contributed by atoms with Crippen LogP contribution < -0.4 is 15.7 Å². The summed E-state index contributed by atoms with van der Waals surface area (Å²) in [6.45, 7) is 5.16. The second kappa shape index (κ2) is 6.89. The number of ether oxygens (including phenoxy) is 1. The number of hydrogen-bond acceptors (Lipinski definition) is 4. The number of para-hydroxylation sites is 1. The fraction of sp³-hybridized carbons (Fsp3) is 0.250. The van der Waals surface area contributed by atoms with Crippen molar-refractivity contribution in [3.63, 3.8) is 0 Å². The number of hydrogen-bond donors (Lipinski definition) is 1. The Hall–Kier alpha value is -2.59. The van der Waals surface area contributed by atoms with Crippen LogP contribution in [0.3, 0.4) is 0 Å². The summed E-state index contributed by atoms with van der Waals surface area (Å²) in [4.78, 5) is 11.8. The predicted octanol–water partition coefficient (Wildman–Crippen LogP) is 3.71. The molecule has 0 amide bonds. The third-order valence-electron chi connectivity index (χ3n) is 4.38. The molecule has 2 aromatic carbocycles. The Bertz CT molecular complexity index is 928. The molecule has 1 heterocycles. The van der Waals surface area contributed by atoms with E-state index in [0.717, 1.165) is 27.8 Å². The maximum absolute atomic E-state index is 11.8. The molecule has 4 nitrogen and oxygen atoms in total. The van der Waals surface area contributed by atoms with Gasteiger partial charge in [-0.1, -0.05) is 30.3 Å². The number of rotatable bonds is 5. The van der Waals surface area contributed by atoms with Crippen molar-refractivity contribution in [1.29, 1.82) is 0 Å². The van der Waals surface area contributed by atoms with Gasteiger partial charge in [-0.05, 0) is 37.1 Å². The first kappa shape index (κ1) is 16.3. The van der Waals surface area contributed by atoms with E-state index in [0.29, 0.717) is 24.2 Å². The van der Waals surface area contributed by atoms with Crippen LogP contribution in [0.2, 0.25) is 0 Å². The van der Waals surface area contributed by atoms with Crippen molar-refractivity contribution in [2.45, 2.75) is 26.9 Å². The van der Waals surface area contributed by atoms with Gasteiger partial charge in [0.1, 0.15) is 11.3 Å². The highest BCUT2D eigenvalue weighted by molar-refractivity contribution is 5.84. The largest absolute Gasteiger partial charge is 0.496 e. The van der Waals surface area contributed by atoms with Gasteiger partial charge in [-0.3, -0.25) is 0 Å². The van der Waals surface area contributed by atoms with E-state index in [4.69, 9.17) is 9.15 Å². The molecule has 0 aliphatic heterocycles. The Morgan fingerprint density at radius 1 is 0.958 bits per heavy atom. The van der Waals surface area contributed by atoms with Gasteiger partial charge in [0.05, 0.1) is 7.11 Å². The zero-order valence-corrected chi connectivity index (χ0v) is 14.2. The van der Waals surface area contributed by atoms with Gasteiger partial charge in [0.15, 0.2) is 0 Å². The van der Waals surface area contributed by atoms with Crippen molar-refractivity contribution in [2.24, 2.45) is 0 Å². The highest BCUT2D eigenvalue weighted by atomic mass is 16.5. The van der Waals surface area contributed by atoms with Crippen LogP contribution in [0.1, 0.15) is 22.3 Å². The monoisotopic (exact) mass is 323 g/mol. The molecule has 1 N–H and O–H groups in total. The minimum Gasteiger partial charge on any atom is -0.496 e. The smallest absolute Gasteiger partial charge is 0.339 e. The lowest BCUT2D eigenvalue weighted by atomic mass is 10.0. The summed E-state index contributed by atoms with van der Waals surface area (Å²) >= 11 is 0. The molecule has 1 aromatic heterocycles. The average molecular weight is 323 g/mol. The molecule has 0 aliphatic carbocycles. The first-order chi connectivity index (χ1) is 11.6. The Morgan fingerprint density at radius 3 is 2.46 bits per heavy atom. The van der Waals surface area contributed by atoms with E-state index >= 15 is 0 Å². The van der Waals surface area contributed by atoms with E-state index in [-0.39, 0.29) is 5.63 Å². The maximum atomic E-state index is 11.8. The maximum Gasteiger partial charge on any atom is 0.339 e. The minimum absolute atomic E-state index is 0.265. The van der Waals surface area contributed by atoms with Crippen LogP contribution in [0.4, 0.5) is 0 Å². The van der Waals surface area contributed by atoms with E-state index in [1.165, 1.54) is 0 Å². The molecule has 0 aliphatic rings.